The second-order valence-electron chi connectivity index (χ2n) is 9.10. The third-order valence-corrected chi connectivity index (χ3v) is 6.74. The Bertz CT molecular complexity index is 1140. The minimum Gasteiger partial charge on any atom is -0.421 e. The summed E-state index contributed by atoms with van der Waals surface area (Å²) in [7, 11) is 0. The summed E-state index contributed by atoms with van der Waals surface area (Å²) in [5.74, 6) is 1.81. The minimum atomic E-state index is -0.614. The monoisotopic (exact) mass is 471 g/mol. The third kappa shape index (κ3) is 4.34. The zero-order valence-electron chi connectivity index (χ0n) is 18.9. The molecule has 33 heavy (non-hydrogen) atoms. The molecule has 2 fully saturated rings. The largest absolute Gasteiger partial charge is 0.421 e. The van der Waals surface area contributed by atoms with Crippen molar-refractivity contribution in [2.45, 2.75) is 45.7 Å². The fourth-order valence-electron chi connectivity index (χ4n) is 4.85. The molecule has 0 spiro atoms. The molecule has 1 aliphatic heterocycles. The molecule has 0 amide bonds. The lowest BCUT2D eigenvalue weighted by atomic mass is 9.92. The summed E-state index contributed by atoms with van der Waals surface area (Å²) < 4.78 is 21.8. The first-order valence-corrected chi connectivity index (χ1v) is 11.7. The number of nitrogens with one attached hydrogen (secondary N) is 1. The molecule has 0 unspecified atom stereocenters. The average Bonchev–Trinajstić information content (AvgIpc) is 3.27. The smallest absolute Gasteiger partial charge is 0.322 e. The second kappa shape index (κ2) is 8.78. The van der Waals surface area contributed by atoms with Crippen LogP contribution in [-0.4, -0.2) is 43.9 Å². The van der Waals surface area contributed by atoms with Gasteiger partial charge in [-0.2, -0.15) is 4.98 Å². The Morgan fingerprint density at radius 1 is 1.18 bits per heavy atom. The molecule has 3 aromatic rings. The number of hydrogen-bond acceptors (Lipinski definition) is 7. The van der Waals surface area contributed by atoms with E-state index < -0.39 is 5.82 Å². The number of fused-ring (bicyclic) bond motifs is 2. The average molecular weight is 472 g/mol. The molecule has 10 heteroatoms. The van der Waals surface area contributed by atoms with Gasteiger partial charge in [0.25, 0.3) is 0 Å². The fraction of sp³-hybridized carbons (Fsp3) is 0.478. The number of nitrogens with zero attached hydrogens (tertiary/aromatic N) is 6. The Balaban J connectivity index is 1.34. The van der Waals surface area contributed by atoms with Gasteiger partial charge in [-0.1, -0.05) is 17.7 Å². The molecule has 1 aliphatic carbocycles. The highest BCUT2D eigenvalue weighted by Crippen LogP contribution is 2.40. The lowest BCUT2D eigenvalue weighted by Crippen LogP contribution is -2.48. The van der Waals surface area contributed by atoms with Gasteiger partial charge in [0, 0.05) is 30.9 Å². The van der Waals surface area contributed by atoms with Crippen molar-refractivity contribution in [2.75, 3.05) is 23.3 Å². The molecule has 2 aromatic heterocycles. The van der Waals surface area contributed by atoms with Gasteiger partial charge in [0.05, 0.1) is 11.1 Å². The SMILES string of the molecule is Cc1cc(N2C[C@H]3CC[C@@H](C2)[C@@H]3Nc2nc(Oc3cccc(Cl)c3F)n(C(C)C)n2)ncn1. The van der Waals surface area contributed by atoms with Gasteiger partial charge in [0.15, 0.2) is 11.6 Å². The van der Waals surface area contributed by atoms with Crippen molar-refractivity contribution in [1.29, 1.82) is 0 Å². The standard InChI is InChI=1S/C23H27ClFN7O/c1-13(2)32-23(33-18-6-4-5-17(24)20(18)25)29-22(30-32)28-21-15-7-8-16(21)11-31(10-15)19-9-14(3)26-12-27-19/h4-6,9,12-13,15-16,21H,7-8,10-11H2,1-3H3,(H,28,30)/t15-,16+,21-. The van der Waals surface area contributed by atoms with Crippen molar-refractivity contribution >= 4 is 23.4 Å². The second-order valence-corrected chi connectivity index (χ2v) is 9.51. The number of halogens is 2. The molecular weight excluding hydrogens is 445 g/mol. The molecule has 174 valence electrons. The van der Waals surface area contributed by atoms with E-state index in [1.807, 2.05) is 26.8 Å². The van der Waals surface area contributed by atoms with Crippen molar-refractivity contribution in [1.82, 2.24) is 24.7 Å². The van der Waals surface area contributed by atoms with Crippen LogP contribution in [0.2, 0.25) is 5.02 Å². The highest BCUT2D eigenvalue weighted by molar-refractivity contribution is 6.30. The summed E-state index contributed by atoms with van der Waals surface area (Å²) >= 11 is 5.90. The van der Waals surface area contributed by atoms with Crippen molar-refractivity contribution in [3.63, 3.8) is 0 Å². The highest BCUT2D eigenvalue weighted by Gasteiger charge is 2.43. The Morgan fingerprint density at radius 2 is 1.94 bits per heavy atom. The van der Waals surface area contributed by atoms with Gasteiger partial charge in [-0.25, -0.2) is 19.0 Å². The van der Waals surface area contributed by atoms with Gasteiger partial charge in [-0.3, -0.25) is 0 Å². The van der Waals surface area contributed by atoms with Crippen LogP contribution in [0, 0.1) is 24.6 Å². The van der Waals surface area contributed by atoms with Crippen LogP contribution in [0.4, 0.5) is 16.2 Å². The lowest BCUT2D eigenvalue weighted by molar-refractivity contribution is 0.360. The molecule has 5 rings (SSSR count). The summed E-state index contributed by atoms with van der Waals surface area (Å²) in [6, 6.07) is 7.17. The molecule has 8 nitrogen and oxygen atoms in total. The van der Waals surface area contributed by atoms with Crippen molar-refractivity contribution in [3.05, 3.63) is 47.1 Å². The van der Waals surface area contributed by atoms with E-state index in [2.05, 4.69) is 30.3 Å². The zero-order chi connectivity index (χ0) is 23.1. The van der Waals surface area contributed by atoms with E-state index in [0.717, 1.165) is 37.4 Å². The van der Waals surface area contributed by atoms with Crippen LogP contribution in [0.3, 0.4) is 0 Å². The number of rotatable bonds is 6. The predicted molar refractivity (Wildman–Crippen MR) is 124 cm³/mol. The van der Waals surface area contributed by atoms with E-state index in [1.165, 1.54) is 12.1 Å². The molecule has 2 aliphatic rings. The number of aromatic nitrogens is 5. The van der Waals surface area contributed by atoms with E-state index in [9.17, 15) is 4.39 Å². The first-order chi connectivity index (χ1) is 15.9. The quantitative estimate of drug-likeness (QED) is 0.549. The normalized spacial score (nSPS) is 22.1. The van der Waals surface area contributed by atoms with E-state index >= 15 is 0 Å². The topological polar surface area (TPSA) is 81.0 Å². The number of benzene rings is 1. The Labute approximate surface area is 197 Å². The van der Waals surface area contributed by atoms with E-state index in [0.29, 0.717) is 17.8 Å². The molecule has 1 saturated heterocycles. The summed E-state index contributed by atoms with van der Waals surface area (Å²) in [5, 5.41) is 8.17. The Morgan fingerprint density at radius 3 is 2.64 bits per heavy atom. The van der Waals surface area contributed by atoms with E-state index in [4.69, 9.17) is 16.3 Å². The van der Waals surface area contributed by atoms with E-state index in [1.54, 1.807) is 17.1 Å². The van der Waals surface area contributed by atoms with Gasteiger partial charge in [0.1, 0.15) is 12.1 Å². The summed E-state index contributed by atoms with van der Waals surface area (Å²) in [4.78, 5) is 15.6. The molecule has 1 aromatic carbocycles. The molecule has 0 radical (unpaired) electrons. The Hall–Kier alpha value is -2.94. The Kier molecular flexibility index (Phi) is 5.82. The molecule has 1 saturated carbocycles. The van der Waals surface area contributed by atoms with Crippen LogP contribution in [0.1, 0.15) is 38.4 Å². The first-order valence-electron chi connectivity index (χ1n) is 11.3. The van der Waals surface area contributed by atoms with Crippen molar-refractivity contribution < 1.29 is 9.13 Å². The van der Waals surface area contributed by atoms with Gasteiger partial charge >= 0.3 is 6.01 Å². The predicted octanol–water partition coefficient (Wildman–Crippen LogP) is 4.87. The number of piperidine rings is 1. The summed E-state index contributed by atoms with van der Waals surface area (Å²) in [6.45, 7) is 7.79. The first kappa shape index (κ1) is 21.9. The molecular formula is C23H27ClFN7O. The molecule has 2 bridgehead atoms. The molecule has 3 atom stereocenters. The summed E-state index contributed by atoms with van der Waals surface area (Å²) in [5.41, 5.74) is 0.972. The van der Waals surface area contributed by atoms with Crippen LogP contribution < -0.4 is 15.0 Å². The van der Waals surface area contributed by atoms with Crippen LogP contribution in [0.25, 0.3) is 0 Å². The number of ether oxygens (including phenoxy) is 1. The molecule has 1 N–H and O–H groups in total. The zero-order valence-corrected chi connectivity index (χ0v) is 19.6. The van der Waals surface area contributed by atoms with Gasteiger partial charge in [-0.05, 0) is 57.6 Å². The fourth-order valence-corrected chi connectivity index (χ4v) is 5.01. The van der Waals surface area contributed by atoms with E-state index in [-0.39, 0.29) is 28.9 Å². The lowest BCUT2D eigenvalue weighted by Gasteiger charge is -2.38. The van der Waals surface area contributed by atoms with Gasteiger partial charge in [-0.15, -0.1) is 5.10 Å². The summed E-state index contributed by atoms with van der Waals surface area (Å²) in [6.07, 6.45) is 3.92. The number of anilines is 2. The van der Waals surface area contributed by atoms with Gasteiger partial charge in [0.2, 0.25) is 5.95 Å². The van der Waals surface area contributed by atoms with Crippen LogP contribution in [0.15, 0.2) is 30.6 Å². The molecule has 3 heterocycles. The van der Waals surface area contributed by atoms with Crippen molar-refractivity contribution in [2.24, 2.45) is 11.8 Å². The maximum atomic E-state index is 14.4. The maximum absolute atomic E-state index is 14.4. The highest BCUT2D eigenvalue weighted by atomic mass is 35.5. The minimum absolute atomic E-state index is 0.00340. The van der Waals surface area contributed by atoms with Crippen molar-refractivity contribution in [3.8, 4) is 11.8 Å². The third-order valence-electron chi connectivity index (χ3n) is 6.45. The number of hydrogen-bond donors (Lipinski definition) is 1. The number of aryl methyl sites for hydroxylation is 1. The van der Waals surface area contributed by atoms with Crippen LogP contribution in [-0.2, 0) is 0 Å². The van der Waals surface area contributed by atoms with Crippen LogP contribution >= 0.6 is 11.6 Å². The van der Waals surface area contributed by atoms with Gasteiger partial charge < -0.3 is 15.0 Å². The van der Waals surface area contributed by atoms with Crippen LogP contribution in [0.5, 0.6) is 11.8 Å². The maximum Gasteiger partial charge on any atom is 0.322 e.